The van der Waals surface area contributed by atoms with Gasteiger partial charge in [0.15, 0.2) is 5.82 Å². The first-order chi connectivity index (χ1) is 12.7. The Morgan fingerprint density at radius 2 is 1.78 bits per heavy atom. The Bertz CT molecular complexity index is 597. The number of carbonyl (C=O) groups excluding carboxylic acids is 1. The van der Waals surface area contributed by atoms with Gasteiger partial charge in [-0.2, -0.15) is 4.98 Å². The molecule has 1 aromatic heterocycles. The first kappa shape index (κ1) is 26.1. The normalized spacial score (nSPS) is 11.5. The van der Waals surface area contributed by atoms with Gasteiger partial charge in [0.1, 0.15) is 6.04 Å². The maximum absolute atomic E-state index is 11.5. The van der Waals surface area contributed by atoms with Crippen molar-refractivity contribution in [1.82, 2.24) is 20.8 Å². The molecule has 0 aliphatic rings. The molecule has 0 saturated carbocycles. The quantitative estimate of drug-likeness (QED) is 0.405. The molecular formula is C16H27N5O6. The molecule has 1 aromatic rings. The van der Waals surface area contributed by atoms with E-state index in [2.05, 4.69) is 42.2 Å². The number of nitrogens with one attached hydrogen (secondary N) is 2. The number of carboxylic acid groups (broad SMARTS) is 2. The highest BCUT2D eigenvalue weighted by Crippen LogP contribution is 2.04. The Morgan fingerprint density at radius 1 is 1.22 bits per heavy atom. The van der Waals surface area contributed by atoms with Crippen molar-refractivity contribution in [2.45, 2.75) is 58.7 Å². The van der Waals surface area contributed by atoms with Gasteiger partial charge in [-0.05, 0) is 6.92 Å². The van der Waals surface area contributed by atoms with Gasteiger partial charge < -0.3 is 31.1 Å². The standard InChI is InChI=1S/C10H15N5O6.C4H10.C2H2/c1-4(11)8-14-6(21-15-8)3-12-10(20)13-5(9(18)19)2-7(16)17;1-3-4-2;1-2/h4-5H,2-3,11H2,1H3,(H,16,17)(H,18,19)(H2,12,13,20);3-4H2,1-2H3;1-2H/t4-,5-;;/m0../s1. The third-order valence-electron chi connectivity index (χ3n) is 2.77. The van der Waals surface area contributed by atoms with Gasteiger partial charge in [0.2, 0.25) is 5.89 Å². The molecule has 0 saturated heterocycles. The zero-order chi connectivity index (χ0) is 21.4. The Morgan fingerprint density at radius 3 is 2.15 bits per heavy atom. The summed E-state index contributed by atoms with van der Waals surface area (Å²) in [6.07, 6.45) is 9.90. The molecule has 6 N–H and O–H groups in total. The average Bonchev–Trinajstić information content (AvgIpc) is 3.10. The lowest BCUT2D eigenvalue weighted by atomic mass is 10.2. The number of amides is 2. The molecule has 0 unspecified atom stereocenters. The third-order valence-corrected chi connectivity index (χ3v) is 2.77. The second-order valence-corrected chi connectivity index (χ2v) is 5.15. The monoisotopic (exact) mass is 385 g/mol. The van der Waals surface area contributed by atoms with E-state index in [1.165, 1.54) is 12.8 Å². The predicted molar refractivity (Wildman–Crippen MR) is 96.4 cm³/mol. The first-order valence-corrected chi connectivity index (χ1v) is 8.11. The maximum atomic E-state index is 11.5. The summed E-state index contributed by atoms with van der Waals surface area (Å²) in [5, 5.41) is 25.1. The first-order valence-electron chi connectivity index (χ1n) is 8.11. The van der Waals surface area contributed by atoms with E-state index in [4.69, 9.17) is 20.5 Å². The molecule has 0 radical (unpaired) electrons. The van der Waals surface area contributed by atoms with Crippen LogP contribution in [0.15, 0.2) is 4.52 Å². The number of carboxylic acids is 2. The molecule has 0 spiro atoms. The van der Waals surface area contributed by atoms with Gasteiger partial charge in [0, 0.05) is 0 Å². The number of rotatable bonds is 8. The summed E-state index contributed by atoms with van der Waals surface area (Å²) < 4.78 is 4.80. The number of nitrogens with zero attached hydrogens (tertiary/aromatic N) is 2. The van der Waals surface area contributed by atoms with Gasteiger partial charge in [-0.25, -0.2) is 9.59 Å². The van der Waals surface area contributed by atoms with Crippen LogP contribution in [-0.2, 0) is 16.1 Å². The van der Waals surface area contributed by atoms with Crippen LogP contribution in [0.4, 0.5) is 4.79 Å². The number of nitrogens with two attached hydrogens (primary N) is 1. The number of urea groups is 1. The average molecular weight is 385 g/mol. The van der Waals surface area contributed by atoms with Crippen LogP contribution in [0.1, 0.15) is 57.8 Å². The minimum absolute atomic E-state index is 0.0857. The Balaban J connectivity index is 0. The highest BCUT2D eigenvalue weighted by Gasteiger charge is 2.23. The lowest BCUT2D eigenvalue weighted by Gasteiger charge is -2.12. The van der Waals surface area contributed by atoms with Crippen molar-refractivity contribution >= 4 is 18.0 Å². The van der Waals surface area contributed by atoms with Crippen LogP contribution < -0.4 is 16.4 Å². The second-order valence-electron chi connectivity index (χ2n) is 5.15. The fourth-order valence-corrected chi connectivity index (χ4v) is 1.26. The highest BCUT2D eigenvalue weighted by molar-refractivity contribution is 5.86. The molecule has 0 aliphatic heterocycles. The summed E-state index contributed by atoms with van der Waals surface area (Å²) in [7, 11) is 0. The van der Waals surface area contributed by atoms with Crippen LogP contribution in [0.25, 0.3) is 0 Å². The van der Waals surface area contributed by atoms with Gasteiger partial charge in [-0.1, -0.05) is 31.8 Å². The lowest BCUT2D eigenvalue weighted by Crippen LogP contribution is -2.46. The Hall–Kier alpha value is -3.13. The highest BCUT2D eigenvalue weighted by atomic mass is 16.5. The molecule has 152 valence electrons. The fraction of sp³-hybridized carbons (Fsp3) is 0.562. The molecule has 11 heteroatoms. The SMILES string of the molecule is C#C.CCCC.C[C@H](N)c1noc(CNC(=O)N[C@@H](CC(=O)O)C(=O)O)n1. The molecule has 0 aliphatic carbocycles. The van der Waals surface area contributed by atoms with Crippen molar-refractivity contribution in [2.75, 3.05) is 0 Å². The molecular weight excluding hydrogens is 358 g/mol. The van der Waals surface area contributed by atoms with Gasteiger partial charge in [0.05, 0.1) is 19.0 Å². The van der Waals surface area contributed by atoms with E-state index in [0.29, 0.717) is 0 Å². The molecule has 2 amide bonds. The topological polar surface area (TPSA) is 181 Å². The van der Waals surface area contributed by atoms with Crippen LogP contribution >= 0.6 is 0 Å². The zero-order valence-corrected chi connectivity index (χ0v) is 15.6. The molecule has 0 aromatic carbocycles. The lowest BCUT2D eigenvalue weighted by molar-refractivity contribution is -0.145. The van der Waals surface area contributed by atoms with E-state index in [0.717, 1.165) is 0 Å². The van der Waals surface area contributed by atoms with Crippen LogP contribution in [0.5, 0.6) is 0 Å². The summed E-state index contributed by atoms with van der Waals surface area (Å²) >= 11 is 0. The molecule has 11 nitrogen and oxygen atoms in total. The molecule has 0 bridgehead atoms. The fourth-order valence-electron chi connectivity index (χ4n) is 1.26. The number of hydrogen-bond donors (Lipinski definition) is 5. The second kappa shape index (κ2) is 15.2. The Labute approximate surface area is 157 Å². The van der Waals surface area contributed by atoms with E-state index >= 15 is 0 Å². The molecule has 1 rings (SSSR count). The zero-order valence-electron chi connectivity index (χ0n) is 15.6. The van der Waals surface area contributed by atoms with Crippen LogP contribution in [0.3, 0.4) is 0 Å². The molecule has 2 atom stereocenters. The molecule has 1 heterocycles. The minimum atomic E-state index is -1.54. The van der Waals surface area contributed by atoms with Gasteiger partial charge in [-0.15, -0.1) is 12.8 Å². The number of unbranched alkanes of at least 4 members (excludes halogenated alkanes) is 1. The molecule has 0 fully saturated rings. The van der Waals surface area contributed by atoms with E-state index in [-0.39, 0.29) is 18.3 Å². The van der Waals surface area contributed by atoms with E-state index in [1.54, 1.807) is 6.92 Å². The smallest absolute Gasteiger partial charge is 0.326 e. The summed E-state index contributed by atoms with van der Waals surface area (Å²) in [6.45, 7) is 5.86. The van der Waals surface area contributed by atoms with Crippen molar-refractivity contribution in [3.8, 4) is 12.8 Å². The van der Waals surface area contributed by atoms with Crippen molar-refractivity contribution in [3.05, 3.63) is 11.7 Å². The van der Waals surface area contributed by atoms with Gasteiger partial charge in [0.25, 0.3) is 0 Å². The number of carbonyl (C=O) groups is 3. The van der Waals surface area contributed by atoms with Crippen molar-refractivity contribution in [3.63, 3.8) is 0 Å². The predicted octanol–water partition coefficient (Wildman–Crippen LogP) is 0.872. The number of aromatic nitrogens is 2. The number of hydrogen-bond acceptors (Lipinski definition) is 7. The summed E-state index contributed by atoms with van der Waals surface area (Å²) in [5.74, 6) is -2.45. The van der Waals surface area contributed by atoms with Crippen LogP contribution in [-0.4, -0.2) is 44.4 Å². The van der Waals surface area contributed by atoms with E-state index < -0.39 is 36.5 Å². The number of aliphatic carboxylic acids is 2. The van der Waals surface area contributed by atoms with Crippen LogP contribution in [0, 0.1) is 12.8 Å². The summed E-state index contributed by atoms with van der Waals surface area (Å²) in [6, 6.07) is -2.84. The van der Waals surface area contributed by atoms with Gasteiger partial charge >= 0.3 is 18.0 Å². The van der Waals surface area contributed by atoms with Crippen LogP contribution in [0.2, 0.25) is 0 Å². The van der Waals surface area contributed by atoms with E-state index in [9.17, 15) is 14.4 Å². The van der Waals surface area contributed by atoms with E-state index in [1.807, 2.05) is 5.32 Å². The third kappa shape index (κ3) is 12.8. The summed E-state index contributed by atoms with van der Waals surface area (Å²) in [5.41, 5.74) is 5.52. The van der Waals surface area contributed by atoms with Crippen molar-refractivity contribution < 1.29 is 29.1 Å². The molecule has 27 heavy (non-hydrogen) atoms. The summed E-state index contributed by atoms with van der Waals surface area (Å²) in [4.78, 5) is 36.6. The maximum Gasteiger partial charge on any atom is 0.326 e. The minimum Gasteiger partial charge on any atom is -0.481 e. The largest absolute Gasteiger partial charge is 0.481 e. The Kier molecular flexibility index (Phi) is 14.6. The number of terminal acetylenes is 1. The van der Waals surface area contributed by atoms with Crippen molar-refractivity contribution in [1.29, 1.82) is 0 Å². The van der Waals surface area contributed by atoms with Gasteiger partial charge in [-0.3, -0.25) is 4.79 Å². The van der Waals surface area contributed by atoms with Crippen molar-refractivity contribution in [2.24, 2.45) is 5.73 Å².